The molecule has 1 aliphatic carbocycles. The van der Waals surface area contributed by atoms with Crippen LogP contribution in [0, 0.1) is 11.8 Å². The zero-order valence-electron chi connectivity index (χ0n) is 19.7. The Kier molecular flexibility index (Phi) is 5.85. The molecule has 2 aliphatic rings. The standard InChI is InChI=1S/C24H21F3N8O2S/c25-24(26,27)18-15(4-3-8-29-18)38-17-10-30-19-20(32-17)34-21(33-19)35-9-6-13-14(11-35)23(13,12-31-22(36)37)16-5-1-2-7-28-16/h1-5,7-8,10,13-14,31H,6,9,11-12H2,(H,36,37)(H,30,32,33,34). The molecule has 5 heterocycles. The van der Waals surface area contributed by atoms with Crippen LogP contribution >= 0.6 is 11.8 Å². The van der Waals surface area contributed by atoms with E-state index in [-0.39, 0.29) is 33.7 Å². The maximum absolute atomic E-state index is 13.3. The molecule has 0 aromatic carbocycles. The molecule has 0 bridgehead atoms. The molecular formula is C24H21F3N8O2S. The Labute approximate surface area is 218 Å². The van der Waals surface area contributed by atoms with E-state index in [2.05, 4.69) is 40.1 Å². The zero-order valence-corrected chi connectivity index (χ0v) is 20.5. The number of anilines is 1. The Bertz CT molecular complexity index is 1500. The van der Waals surface area contributed by atoms with Crippen LogP contribution in [0.25, 0.3) is 11.3 Å². The first-order valence-electron chi connectivity index (χ1n) is 11.8. The van der Waals surface area contributed by atoms with Gasteiger partial charge in [0.1, 0.15) is 5.03 Å². The predicted molar refractivity (Wildman–Crippen MR) is 131 cm³/mol. The Hall–Kier alpha value is -3.94. The SMILES string of the molecule is O=C(O)NCC1(c2ccccn2)C2CCN(c3nc4nc(Sc5cccnc5C(F)(F)F)cnc4[nH]3)CC21. The van der Waals surface area contributed by atoms with Crippen LogP contribution in [0.5, 0.6) is 0 Å². The van der Waals surface area contributed by atoms with Crippen molar-refractivity contribution in [2.24, 2.45) is 11.8 Å². The third kappa shape index (κ3) is 4.27. The number of rotatable bonds is 6. The van der Waals surface area contributed by atoms with E-state index in [4.69, 9.17) is 0 Å². The first kappa shape index (κ1) is 24.4. The van der Waals surface area contributed by atoms with E-state index in [0.29, 0.717) is 30.3 Å². The van der Waals surface area contributed by atoms with Crippen LogP contribution in [0.1, 0.15) is 17.8 Å². The Balaban J connectivity index is 1.23. The third-order valence-electron chi connectivity index (χ3n) is 7.23. The van der Waals surface area contributed by atoms with Crippen molar-refractivity contribution in [3.8, 4) is 0 Å². The van der Waals surface area contributed by atoms with E-state index in [1.54, 1.807) is 6.20 Å². The number of fused-ring (bicyclic) bond motifs is 2. The van der Waals surface area contributed by atoms with Crippen molar-refractivity contribution in [2.75, 3.05) is 24.5 Å². The van der Waals surface area contributed by atoms with E-state index < -0.39 is 18.0 Å². The van der Waals surface area contributed by atoms with Crippen molar-refractivity contribution in [1.82, 2.24) is 35.2 Å². The van der Waals surface area contributed by atoms with Crippen molar-refractivity contribution in [2.45, 2.75) is 27.9 Å². The van der Waals surface area contributed by atoms with Gasteiger partial charge in [-0.3, -0.25) is 9.97 Å². The highest BCUT2D eigenvalue weighted by atomic mass is 32.2. The van der Waals surface area contributed by atoms with Crippen LogP contribution in [-0.4, -0.2) is 60.7 Å². The quantitative estimate of drug-likeness (QED) is 0.331. The number of hydrogen-bond acceptors (Lipinski definition) is 8. The fourth-order valence-corrected chi connectivity index (χ4v) is 6.40. The molecule has 14 heteroatoms. The number of carboxylic acid groups (broad SMARTS) is 1. The van der Waals surface area contributed by atoms with Crippen molar-refractivity contribution in [1.29, 1.82) is 0 Å². The lowest BCUT2D eigenvalue weighted by Crippen LogP contribution is -2.35. The minimum absolute atomic E-state index is 0.0685. The highest BCUT2D eigenvalue weighted by Crippen LogP contribution is 2.62. The number of imidazole rings is 1. The first-order valence-corrected chi connectivity index (χ1v) is 12.6. The number of aromatic amines is 1. The van der Waals surface area contributed by atoms with Gasteiger partial charge in [0.2, 0.25) is 5.95 Å². The van der Waals surface area contributed by atoms with Gasteiger partial charge in [0.25, 0.3) is 0 Å². The molecule has 0 spiro atoms. The molecule has 6 rings (SSSR count). The zero-order chi connectivity index (χ0) is 26.5. The maximum atomic E-state index is 13.3. The molecule has 38 heavy (non-hydrogen) atoms. The summed E-state index contributed by atoms with van der Waals surface area (Å²) < 4.78 is 40.0. The van der Waals surface area contributed by atoms with Gasteiger partial charge in [-0.1, -0.05) is 17.8 Å². The highest BCUT2D eigenvalue weighted by Gasteiger charge is 2.67. The number of nitrogens with one attached hydrogen (secondary N) is 2. The fraction of sp³-hybridized carbons (Fsp3) is 0.333. The molecule has 4 aromatic rings. The molecule has 1 amide bonds. The van der Waals surface area contributed by atoms with Gasteiger partial charge in [0, 0.05) is 48.0 Å². The van der Waals surface area contributed by atoms with Crippen molar-refractivity contribution >= 4 is 35.1 Å². The van der Waals surface area contributed by atoms with E-state index in [9.17, 15) is 23.1 Å². The smallest absolute Gasteiger partial charge is 0.434 e. The van der Waals surface area contributed by atoms with E-state index in [1.165, 1.54) is 18.3 Å². The van der Waals surface area contributed by atoms with Crippen LogP contribution in [0.3, 0.4) is 0 Å². The van der Waals surface area contributed by atoms with Gasteiger partial charge in [-0.25, -0.2) is 14.8 Å². The van der Waals surface area contributed by atoms with Gasteiger partial charge in [-0.2, -0.15) is 18.2 Å². The van der Waals surface area contributed by atoms with Crippen LogP contribution in [0.2, 0.25) is 0 Å². The average molecular weight is 543 g/mol. The number of H-pyrrole nitrogens is 1. The number of amides is 1. The lowest BCUT2D eigenvalue weighted by molar-refractivity contribution is -0.143. The number of hydrogen-bond donors (Lipinski definition) is 3. The minimum atomic E-state index is -4.58. The Morgan fingerprint density at radius 3 is 2.76 bits per heavy atom. The van der Waals surface area contributed by atoms with Crippen LogP contribution in [0.15, 0.2) is 58.8 Å². The second-order valence-electron chi connectivity index (χ2n) is 9.25. The summed E-state index contributed by atoms with van der Waals surface area (Å²) in [6.07, 6.45) is -0.611. The number of halogens is 3. The van der Waals surface area contributed by atoms with Crippen molar-refractivity contribution < 1.29 is 23.1 Å². The fourth-order valence-electron chi connectivity index (χ4n) is 5.52. The molecule has 3 atom stereocenters. The summed E-state index contributed by atoms with van der Waals surface area (Å²) in [5.74, 6) is 1.02. The summed E-state index contributed by atoms with van der Waals surface area (Å²) in [5.41, 5.74) is 0.224. The van der Waals surface area contributed by atoms with Crippen LogP contribution in [0.4, 0.5) is 23.9 Å². The van der Waals surface area contributed by atoms with Gasteiger partial charge in [0.15, 0.2) is 17.0 Å². The van der Waals surface area contributed by atoms with Gasteiger partial charge in [-0.05, 0) is 42.5 Å². The van der Waals surface area contributed by atoms with E-state index in [1.807, 2.05) is 18.2 Å². The summed E-state index contributed by atoms with van der Waals surface area (Å²) >= 11 is 0.828. The molecular weight excluding hydrogens is 521 g/mol. The van der Waals surface area contributed by atoms with Crippen LogP contribution < -0.4 is 10.2 Å². The topological polar surface area (TPSA) is 133 Å². The Morgan fingerprint density at radius 1 is 1.16 bits per heavy atom. The molecule has 10 nitrogen and oxygen atoms in total. The molecule has 4 aromatic heterocycles. The number of carbonyl (C=O) groups is 1. The molecule has 2 fully saturated rings. The van der Waals surface area contributed by atoms with Gasteiger partial charge in [-0.15, -0.1) is 0 Å². The van der Waals surface area contributed by atoms with E-state index >= 15 is 0 Å². The number of aromatic nitrogens is 6. The summed E-state index contributed by atoms with van der Waals surface area (Å²) in [6, 6.07) is 8.46. The molecule has 1 aliphatic heterocycles. The van der Waals surface area contributed by atoms with Crippen molar-refractivity contribution in [3.63, 3.8) is 0 Å². The normalized spacial score (nSPS) is 22.8. The monoisotopic (exact) mass is 542 g/mol. The Morgan fingerprint density at radius 2 is 2.00 bits per heavy atom. The van der Waals surface area contributed by atoms with Crippen molar-refractivity contribution in [3.05, 3.63) is 60.3 Å². The third-order valence-corrected chi connectivity index (χ3v) is 8.18. The molecule has 196 valence electrons. The van der Waals surface area contributed by atoms with Gasteiger partial charge < -0.3 is 20.3 Å². The minimum Gasteiger partial charge on any atom is -0.465 e. The summed E-state index contributed by atoms with van der Waals surface area (Å²) in [6.45, 7) is 1.60. The largest absolute Gasteiger partial charge is 0.465 e. The van der Waals surface area contributed by atoms with E-state index in [0.717, 1.165) is 30.1 Å². The molecule has 3 unspecified atom stereocenters. The molecule has 1 saturated carbocycles. The van der Waals surface area contributed by atoms with Crippen LogP contribution in [-0.2, 0) is 11.6 Å². The predicted octanol–water partition coefficient (Wildman–Crippen LogP) is 3.97. The second kappa shape index (κ2) is 9.11. The van der Waals surface area contributed by atoms with Gasteiger partial charge >= 0.3 is 12.3 Å². The second-order valence-corrected chi connectivity index (χ2v) is 10.3. The summed E-state index contributed by atoms with van der Waals surface area (Å²) in [7, 11) is 0. The first-order chi connectivity index (χ1) is 18.3. The average Bonchev–Trinajstić information content (AvgIpc) is 3.35. The summed E-state index contributed by atoms with van der Waals surface area (Å²) in [4.78, 5) is 37.8. The lowest BCUT2D eigenvalue weighted by Gasteiger charge is -2.25. The number of alkyl halides is 3. The highest BCUT2D eigenvalue weighted by molar-refractivity contribution is 7.99. The number of piperidine rings is 1. The number of pyridine rings is 2. The molecule has 3 N–H and O–H groups in total. The number of nitrogens with zero attached hydrogens (tertiary/aromatic N) is 6. The van der Waals surface area contributed by atoms with Gasteiger partial charge in [0.05, 0.1) is 6.20 Å². The molecule has 0 radical (unpaired) electrons. The lowest BCUT2D eigenvalue weighted by atomic mass is 9.96. The maximum Gasteiger partial charge on any atom is 0.434 e. The molecule has 1 saturated heterocycles. The summed E-state index contributed by atoms with van der Waals surface area (Å²) in [5, 5.41) is 12.1.